The molecule has 0 saturated carbocycles. The number of amides is 3. The predicted octanol–water partition coefficient (Wildman–Crippen LogP) is 3.19. The number of nitrogens with one attached hydrogen (secondary N) is 2. The highest BCUT2D eigenvalue weighted by Gasteiger charge is 2.48. The molecule has 2 aliphatic heterocycles. The highest BCUT2D eigenvalue weighted by Crippen LogP contribution is 2.28. The van der Waals surface area contributed by atoms with E-state index in [1.54, 1.807) is 0 Å². The molecule has 2 heterocycles. The van der Waals surface area contributed by atoms with Gasteiger partial charge in [-0.05, 0) is 25.7 Å². The number of carbonyl (C=O) groups excluding carboxylic acids is 2. The summed E-state index contributed by atoms with van der Waals surface area (Å²) < 4.78 is 0. The SMILES string of the molecule is CCCCCCCC(CCC)N1CCC2(CC1)NC(=O)NC2=O. The lowest BCUT2D eigenvalue weighted by atomic mass is 9.86. The van der Waals surface area contributed by atoms with E-state index in [4.69, 9.17) is 0 Å². The monoisotopic (exact) mass is 323 g/mol. The summed E-state index contributed by atoms with van der Waals surface area (Å²) in [6.45, 7) is 6.32. The average molecular weight is 323 g/mol. The van der Waals surface area contributed by atoms with Gasteiger partial charge in [0.15, 0.2) is 0 Å². The van der Waals surface area contributed by atoms with E-state index in [0.717, 1.165) is 25.9 Å². The number of nitrogens with zero attached hydrogens (tertiary/aromatic N) is 1. The van der Waals surface area contributed by atoms with Crippen LogP contribution in [0.5, 0.6) is 0 Å². The van der Waals surface area contributed by atoms with E-state index in [9.17, 15) is 9.59 Å². The summed E-state index contributed by atoms with van der Waals surface area (Å²) in [5.41, 5.74) is -0.633. The Hall–Kier alpha value is -1.10. The maximum absolute atomic E-state index is 12.0. The average Bonchev–Trinajstić information content (AvgIpc) is 2.80. The zero-order valence-corrected chi connectivity index (χ0v) is 14.8. The number of likely N-dealkylation sites (tertiary alicyclic amines) is 1. The van der Waals surface area contributed by atoms with Gasteiger partial charge in [-0.2, -0.15) is 0 Å². The fraction of sp³-hybridized carbons (Fsp3) is 0.889. The van der Waals surface area contributed by atoms with Crippen LogP contribution in [0.2, 0.25) is 0 Å². The van der Waals surface area contributed by atoms with E-state index < -0.39 is 5.54 Å². The van der Waals surface area contributed by atoms with Crippen LogP contribution >= 0.6 is 0 Å². The Bertz CT molecular complexity index is 403. The van der Waals surface area contributed by atoms with E-state index in [-0.39, 0.29) is 11.9 Å². The molecule has 2 N–H and O–H groups in total. The topological polar surface area (TPSA) is 61.4 Å². The summed E-state index contributed by atoms with van der Waals surface area (Å²) in [4.78, 5) is 26.0. The Morgan fingerprint density at radius 2 is 1.70 bits per heavy atom. The van der Waals surface area contributed by atoms with Gasteiger partial charge in [-0.3, -0.25) is 10.1 Å². The van der Waals surface area contributed by atoms with Gasteiger partial charge in [0.2, 0.25) is 0 Å². The van der Waals surface area contributed by atoms with Crippen molar-refractivity contribution in [1.29, 1.82) is 0 Å². The highest BCUT2D eigenvalue weighted by molar-refractivity contribution is 6.07. The third-order valence-corrected chi connectivity index (χ3v) is 5.45. The van der Waals surface area contributed by atoms with Gasteiger partial charge in [0.05, 0.1) is 0 Å². The van der Waals surface area contributed by atoms with Crippen LogP contribution in [0.1, 0.15) is 78.1 Å². The van der Waals surface area contributed by atoms with Crippen molar-refractivity contribution in [3.63, 3.8) is 0 Å². The molecule has 2 rings (SSSR count). The molecule has 0 aliphatic carbocycles. The van der Waals surface area contributed by atoms with Crippen LogP contribution in [0.4, 0.5) is 4.79 Å². The summed E-state index contributed by atoms with van der Waals surface area (Å²) in [5.74, 6) is -0.131. The standard InChI is InChI=1S/C18H33N3O2/c1-3-5-6-7-8-10-15(9-4-2)21-13-11-18(12-14-21)16(22)19-17(23)20-18/h15H,3-14H2,1-2H3,(H2,19,20,22,23). The minimum atomic E-state index is -0.633. The van der Waals surface area contributed by atoms with E-state index >= 15 is 0 Å². The number of piperidine rings is 1. The van der Waals surface area contributed by atoms with Gasteiger partial charge >= 0.3 is 6.03 Å². The Kier molecular flexibility index (Phi) is 6.88. The first kappa shape index (κ1) is 18.2. The predicted molar refractivity (Wildman–Crippen MR) is 92.3 cm³/mol. The lowest BCUT2D eigenvalue weighted by molar-refractivity contribution is -0.125. The van der Waals surface area contributed by atoms with Gasteiger partial charge in [0.25, 0.3) is 5.91 Å². The molecule has 1 atom stereocenters. The van der Waals surface area contributed by atoms with E-state index in [1.807, 2.05) is 0 Å². The van der Waals surface area contributed by atoms with Gasteiger partial charge in [0.1, 0.15) is 5.54 Å². The molecule has 0 aromatic heterocycles. The van der Waals surface area contributed by atoms with Crippen molar-refractivity contribution in [1.82, 2.24) is 15.5 Å². The summed E-state index contributed by atoms with van der Waals surface area (Å²) >= 11 is 0. The quantitative estimate of drug-likeness (QED) is 0.506. The molecule has 0 bridgehead atoms. The summed E-state index contributed by atoms with van der Waals surface area (Å²) in [6.07, 6.45) is 11.8. The highest BCUT2D eigenvalue weighted by atomic mass is 16.2. The molecular weight excluding hydrogens is 290 g/mol. The molecule has 1 spiro atoms. The number of hydrogen-bond acceptors (Lipinski definition) is 3. The number of hydrogen-bond donors (Lipinski definition) is 2. The van der Waals surface area contributed by atoms with Gasteiger partial charge in [-0.1, -0.05) is 52.4 Å². The normalized spacial score (nSPS) is 22.2. The van der Waals surface area contributed by atoms with Crippen LogP contribution in [0.25, 0.3) is 0 Å². The maximum Gasteiger partial charge on any atom is 0.322 e. The number of rotatable bonds is 9. The van der Waals surface area contributed by atoms with Gasteiger partial charge in [0, 0.05) is 19.1 Å². The lowest BCUT2D eigenvalue weighted by Crippen LogP contribution is -2.56. The van der Waals surface area contributed by atoms with Crippen LogP contribution in [0.15, 0.2) is 0 Å². The first-order chi connectivity index (χ1) is 11.1. The molecule has 132 valence electrons. The van der Waals surface area contributed by atoms with E-state index in [0.29, 0.717) is 6.04 Å². The second-order valence-corrected chi connectivity index (χ2v) is 7.17. The number of carbonyl (C=O) groups is 2. The second kappa shape index (κ2) is 8.67. The molecular formula is C18H33N3O2. The van der Waals surface area contributed by atoms with Gasteiger partial charge in [-0.15, -0.1) is 0 Å². The molecule has 23 heavy (non-hydrogen) atoms. The summed E-state index contributed by atoms with van der Waals surface area (Å²) in [5, 5.41) is 5.24. The molecule has 2 fully saturated rings. The zero-order valence-electron chi connectivity index (χ0n) is 14.8. The van der Waals surface area contributed by atoms with E-state index in [1.165, 1.54) is 51.4 Å². The van der Waals surface area contributed by atoms with Crippen molar-refractivity contribution in [2.24, 2.45) is 0 Å². The van der Waals surface area contributed by atoms with E-state index in [2.05, 4.69) is 29.4 Å². The van der Waals surface area contributed by atoms with Crippen molar-refractivity contribution in [2.75, 3.05) is 13.1 Å². The Labute approximate surface area is 140 Å². The summed E-state index contributed by atoms with van der Waals surface area (Å²) in [6, 6.07) is 0.309. The summed E-state index contributed by atoms with van der Waals surface area (Å²) in [7, 11) is 0. The van der Waals surface area contributed by atoms with Crippen molar-refractivity contribution in [3.8, 4) is 0 Å². The molecule has 0 aromatic rings. The van der Waals surface area contributed by atoms with Crippen LogP contribution in [0, 0.1) is 0 Å². The molecule has 5 nitrogen and oxygen atoms in total. The number of imide groups is 1. The van der Waals surface area contributed by atoms with Crippen LogP contribution in [-0.4, -0.2) is 41.5 Å². The Balaban J connectivity index is 1.80. The van der Waals surface area contributed by atoms with Gasteiger partial charge in [-0.25, -0.2) is 4.79 Å². The fourth-order valence-corrected chi connectivity index (χ4v) is 3.98. The molecule has 2 saturated heterocycles. The maximum atomic E-state index is 12.0. The van der Waals surface area contributed by atoms with Crippen molar-refractivity contribution in [3.05, 3.63) is 0 Å². The van der Waals surface area contributed by atoms with Crippen LogP contribution < -0.4 is 10.6 Å². The molecule has 3 amide bonds. The molecule has 5 heteroatoms. The van der Waals surface area contributed by atoms with Crippen molar-refractivity contribution < 1.29 is 9.59 Å². The van der Waals surface area contributed by atoms with Crippen molar-refractivity contribution in [2.45, 2.75) is 89.6 Å². The van der Waals surface area contributed by atoms with Gasteiger partial charge < -0.3 is 10.2 Å². The van der Waals surface area contributed by atoms with Crippen molar-refractivity contribution >= 4 is 11.9 Å². The Morgan fingerprint density at radius 1 is 1.00 bits per heavy atom. The fourth-order valence-electron chi connectivity index (χ4n) is 3.98. The number of unbranched alkanes of at least 4 members (excludes halogenated alkanes) is 4. The molecule has 0 radical (unpaired) electrons. The largest absolute Gasteiger partial charge is 0.323 e. The Morgan fingerprint density at radius 3 is 2.26 bits per heavy atom. The molecule has 0 aromatic carbocycles. The number of urea groups is 1. The third-order valence-electron chi connectivity index (χ3n) is 5.45. The minimum Gasteiger partial charge on any atom is -0.323 e. The lowest BCUT2D eigenvalue weighted by Gasteiger charge is -2.41. The second-order valence-electron chi connectivity index (χ2n) is 7.17. The van der Waals surface area contributed by atoms with Crippen LogP contribution in [-0.2, 0) is 4.79 Å². The molecule has 2 aliphatic rings. The molecule has 1 unspecified atom stereocenters. The third kappa shape index (κ3) is 4.69. The first-order valence-electron chi connectivity index (χ1n) is 9.49. The van der Waals surface area contributed by atoms with Crippen LogP contribution in [0.3, 0.4) is 0 Å². The first-order valence-corrected chi connectivity index (χ1v) is 9.49. The smallest absolute Gasteiger partial charge is 0.322 e. The minimum absolute atomic E-state index is 0.131. The zero-order chi connectivity index (χ0) is 16.7.